The Bertz CT molecular complexity index is 5890. The molecule has 0 radical (unpaired) electrons. The van der Waals surface area contributed by atoms with E-state index in [0.29, 0.717) is 46.7 Å². The largest absolute Gasteiger partial charge is 0.573 e. The molecule has 0 unspecified atom stereocenters. The minimum atomic E-state index is -4.77. The first-order chi connectivity index (χ1) is 58.7. The Kier molecular flexibility index (Phi) is 32.9. The van der Waals surface area contributed by atoms with E-state index < -0.39 is 12.7 Å². The first-order valence-electron chi connectivity index (χ1n) is 40.5. The second-order valence-corrected chi connectivity index (χ2v) is 31.6. The van der Waals surface area contributed by atoms with E-state index in [2.05, 4.69) is 176 Å². The number of alkyl halides is 6. The molecule has 15 aromatic rings. The summed E-state index contributed by atoms with van der Waals surface area (Å²) in [6, 6.07) is 35.5. The predicted molar refractivity (Wildman–Crippen MR) is 469 cm³/mol. The SMILES string of the molecule is CCc1ncn(-c2ccc(C(C)C)cc2OC)n1.COc1cc(C(C)C)ccc1-n1ccnc1.Cc1cn(-c2ccc(C(C)C)cc2F)cn1.Cc1cn(-c2ccc(C(C)C)cc2OC(F)(F)F)cn1.Cc1cn(-c2ccc(C(C)C)cn2)cn1.Cc1ncn(-c2ccc(C(C)C)c3ncoc23)n1.Cc1ncn(-c2ccc(C(C)C)cc2OC(F)(F)F)c1Cl. The van der Waals surface area contributed by atoms with Gasteiger partial charge in [-0.1, -0.05) is 158 Å². The van der Waals surface area contributed by atoms with Gasteiger partial charge in [-0.05, 0) is 188 Å². The number of aryl methyl sites for hydroxylation is 6. The third-order valence-corrected chi connectivity index (χ3v) is 20.0. The Labute approximate surface area is 724 Å². The van der Waals surface area contributed by atoms with Gasteiger partial charge in [0.05, 0.1) is 78.7 Å². The van der Waals surface area contributed by atoms with Crippen LogP contribution in [-0.4, -0.2) is 114 Å². The molecule has 0 aliphatic rings. The van der Waals surface area contributed by atoms with E-state index in [4.69, 9.17) is 25.5 Å². The first kappa shape index (κ1) is 95.1. The quantitative estimate of drug-likeness (QED) is 0.0686. The summed E-state index contributed by atoms with van der Waals surface area (Å²) in [6.45, 7) is 40.2. The van der Waals surface area contributed by atoms with E-state index in [-0.39, 0.29) is 40.0 Å². The third-order valence-electron chi connectivity index (χ3n) is 19.5. The molecule has 656 valence electrons. The maximum absolute atomic E-state index is 13.9. The molecule has 0 saturated carbocycles. The molecule has 0 N–H and O–H groups in total. The minimum Gasteiger partial charge on any atom is -0.495 e. The first-order valence-corrected chi connectivity index (χ1v) is 40.9. The number of fused-ring (bicyclic) bond motifs is 1. The number of rotatable bonds is 19. The van der Waals surface area contributed by atoms with Crippen molar-refractivity contribution in [3.63, 3.8) is 0 Å². The van der Waals surface area contributed by atoms with Crippen molar-refractivity contribution in [3.8, 4) is 62.9 Å². The number of halogens is 8. The lowest BCUT2D eigenvalue weighted by molar-refractivity contribution is -0.275. The number of oxazole rings is 1. The molecule has 9 heterocycles. The number of benzene rings is 6. The Hall–Kier alpha value is -12.7. The van der Waals surface area contributed by atoms with Crippen LogP contribution in [0.5, 0.6) is 23.0 Å². The highest BCUT2D eigenvalue weighted by Gasteiger charge is 2.34. The molecule has 9 aromatic heterocycles. The zero-order valence-corrected chi connectivity index (χ0v) is 74.7. The Balaban J connectivity index is 0.000000164. The zero-order chi connectivity index (χ0) is 90.6. The van der Waals surface area contributed by atoms with Crippen LogP contribution in [0.15, 0.2) is 208 Å². The number of ether oxygens (including phenoxy) is 4. The lowest BCUT2D eigenvalue weighted by Gasteiger charge is -2.16. The van der Waals surface area contributed by atoms with Crippen LogP contribution < -0.4 is 18.9 Å². The maximum atomic E-state index is 13.9. The summed E-state index contributed by atoms with van der Waals surface area (Å²) >= 11 is 6.05. The molecule has 0 aliphatic heterocycles. The number of aromatic nitrogens is 18. The van der Waals surface area contributed by atoms with Crippen molar-refractivity contribution in [1.29, 1.82) is 0 Å². The van der Waals surface area contributed by atoms with Crippen LogP contribution in [0.25, 0.3) is 51.0 Å². The summed E-state index contributed by atoms with van der Waals surface area (Å²) in [7, 11) is 3.38. The number of imidazole rings is 5. The fourth-order valence-electron chi connectivity index (χ4n) is 12.4. The van der Waals surface area contributed by atoms with Crippen molar-refractivity contribution in [2.75, 3.05) is 14.2 Å². The van der Waals surface area contributed by atoms with Gasteiger partial charge < -0.3 is 37.1 Å². The van der Waals surface area contributed by atoms with Gasteiger partial charge in [0.25, 0.3) is 0 Å². The summed E-state index contributed by atoms with van der Waals surface area (Å²) in [5.41, 5.74) is 16.2. The van der Waals surface area contributed by atoms with Crippen molar-refractivity contribution in [2.24, 2.45) is 0 Å². The normalized spacial score (nSPS) is 11.4. The molecule has 31 heteroatoms. The third kappa shape index (κ3) is 25.9. The van der Waals surface area contributed by atoms with E-state index >= 15 is 0 Å². The smallest absolute Gasteiger partial charge is 0.495 e. The van der Waals surface area contributed by atoms with Crippen LogP contribution in [0.4, 0.5) is 30.7 Å². The van der Waals surface area contributed by atoms with Gasteiger partial charge in [0.1, 0.15) is 76.3 Å². The molecule has 15 rings (SSSR count). The summed E-state index contributed by atoms with van der Waals surface area (Å²) in [5, 5.41) is 8.96. The monoisotopic (exact) mass is 1720 g/mol. The van der Waals surface area contributed by atoms with E-state index in [1.165, 1.54) is 62.6 Å². The van der Waals surface area contributed by atoms with Gasteiger partial charge in [0.2, 0.25) is 0 Å². The fourth-order valence-corrected chi connectivity index (χ4v) is 12.6. The van der Waals surface area contributed by atoms with Gasteiger partial charge >= 0.3 is 12.7 Å². The molecule has 6 aromatic carbocycles. The molecule has 0 bridgehead atoms. The number of nitrogens with zero attached hydrogens (tertiary/aromatic N) is 18. The fraction of sp³-hybridized carbons (Fsp3) is 0.344. The maximum Gasteiger partial charge on any atom is 0.573 e. The Morgan fingerprint density at radius 2 is 0.863 bits per heavy atom. The molecule has 0 atom stereocenters. The highest BCUT2D eigenvalue weighted by atomic mass is 35.5. The lowest BCUT2D eigenvalue weighted by atomic mass is 10.0. The number of pyridine rings is 1. The summed E-state index contributed by atoms with van der Waals surface area (Å²) in [4.78, 5) is 37.4. The van der Waals surface area contributed by atoms with Gasteiger partial charge in [0.15, 0.2) is 29.3 Å². The van der Waals surface area contributed by atoms with Crippen molar-refractivity contribution in [2.45, 2.75) is 199 Å². The van der Waals surface area contributed by atoms with Crippen LogP contribution >= 0.6 is 11.6 Å². The summed E-state index contributed by atoms with van der Waals surface area (Å²) in [6.07, 6.45) is 15.3. The van der Waals surface area contributed by atoms with Crippen molar-refractivity contribution >= 4 is 22.7 Å². The molecule has 124 heavy (non-hydrogen) atoms. The highest BCUT2D eigenvalue weighted by Crippen LogP contribution is 2.37. The topological polar surface area (TPSA) is 226 Å². The van der Waals surface area contributed by atoms with E-state index in [1.54, 1.807) is 122 Å². The van der Waals surface area contributed by atoms with Crippen LogP contribution in [0, 0.1) is 40.4 Å². The average Bonchev–Trinajstić information content (AvgIpc) is 1.59. The second-order valence-electron chi connectivity index (χ2n) is 31.3. The molecule has 23 nitrogen and oxygen atoms in total. The predicted octanol–water partition coefficient (Wildman–Crippen LogP) is 24.0. The second kappa shape index (κ2) is 42.9. The number of hydrogen-bond donors (Lipinski definition) is 0. The van der Waals surface area contributed by atoms with Gasteiger partial charge in [-0.25, -0.2) is 58.6 Å². The van der Waals surface area contributed by atoms with Crippen molar-refractivity contribution in [3.05, 3.63) is 287 Å². The van der Waals surface area contributed by atoms with Crippen LogP contribution in [0.2, 0.25) is 5.15 Å². The van der Waals surface area contributed by atoms with Crippen LogP contribution in [0.1, 0.15) is 219 Å². The van der Waals surface area contributed by atoms with Crippen molar-refractivity contribution < 1.29 is 54.1 Å². The molecule has 0 amide bonds. The minimum absolute atomic E-state index is 0.0784. The van der Waals surface area contributed by atoms with Gasteiger partial charge in [-0.15, -0.1) is 26.3 Å². The van der Waals surface area contributed by atoms with Crippen molar-refractivity contribution in [1.82, 2.24) is 87.3 Å². The van der Waals surface area contributed by atoms with E-state index in [1.807, 2.05) is 114 Å². The molecule has 0 saturated heterocycles. The molecule has 0 aliphatic carbocycles. The number of hydrogen-bond acceptors (Lipinski definition) is 16. The van der Waals surface area contributed by atoms with Gasteiger partial charge in [-0.2, -0.15) is 10.2 Å². The standard InChI is InChI=1S/C14H14ClF3N2O.C14H15F3N2O.C14H19N3O.C13H15FN2.C13H14N4O.C13H16N2O.C12H15N3/c1-8(2)10-4-5-11(12(6-10)21-14(16,17)18)20-7-19-9(3)13(20)15;1-9(2)11-4-5-12(19-7-10(3)18-8-19)13(6-11)20-14(15,16)17;1-5-14-15-9-17(16-14)12-7-6-11(10(2)3)8-13(12)18-4;1-9(2)11-4-5-13(12(14)6-11)16-7-10(3)15-8-16;1-8(2)10-4-5-11(13-12(10)15-7-18-13)17-6-14-9(3)16-17;1-10(2)11-4-5-12(13(8-11)16-3)15-7-6-14-9-15;1-9(2)11-4-5-12(13-6-11)15-7-10(3)14-8-15/h4-8H,1-3H3;4-9H,1-3H3;6-10H,5H2,1-4H3;4-9H,1-3H3;4-8H,1-3H3;4-10H,1-3H3;4-9H,1-3H3. The van der Waals surface area contributed by atoms with Crippen LogP contribution in [0.3, 0.4) is 0 Å². The summed E-state index contributed by atoms with van der Waals surface area (Å²) < 4.78 is 126. The molecule has 0 spiro atoms. The lowest BCUT2D eigenvalue weighted by Crippen LogP contribution is -2.18. The van der Waals surface area contributed by atoms with Gasteiger partial charge in [0, 0.05) is 43.6 Å². The van der Waals surface area contributed by atoms with E-state index in [9.17, 15) is 30.7 Å². The average molecular weight is 1730 g/mol. The number of methoxy groups -OCH3 is 2. The van der Waals surface area contributed by atoms with Gasteiger partial charge in [-0.3, -0.25) is 9.13 Å². The summed E-state index contributed by atoms with van der Waals surface area (Å²) in [5.74, 6) is 5.92. The Morgan fingerprint density at radius 3 is 1.28 bits per heavy atom. The molecular formula is C93H108ClF7N18O5. The molecule has 0 fully saturated rings. The Morgan fingerprint density at radius 1 is 0.419 bits per heavy atom. The van der Waals surface area contributed by atoms with E-state index in [0.717, 1.165) is 97.3 Å². The molecular weight excluding hydrogens is 1620 g/mol. The highest BCUT2D eigenvalue weighted by molar-refractivity contribution is 6.30. The van der Waals surface area contributed by atoms with Crippen LogP contribution in [-0.2, 0) is 6.42 Å². The zero-order valence-electron chi connectivity index (χ0n) is 73.9.